The number of carbonyl (C=O) groups excluding carboxylic acids is 1. The summed E-state index contributed by atoms with van der Waals surface area (Å²) >= 11 is 5.90. The molecule has 3 aromatic rings. The predicted octanol–water partition coefficient (Wildman–Crippen LogP) is 4.26. The van der Waals surface area contributed by atoms with Crippen molar-refractivity contribution in [1.29, 1.82) is 0 Å². The van der Waals surface area contributed by atoms with Gasteiger partial charge < -0.3 is 0 Å². The van der Waals surface area contributed by atoms with Crippen LogP contribution < -0.4 is 10.0 Å². The van der Waals surface area contributed by atoms with Crippen molar-refractivity contribution in [3.63, 3.8) is 0 Å². The lowest BCUT2D eigenvalue weighted by atomic mass is 10.2. The minimum absolute atomic E-state index is 0.0690. The van der Waals surface area contributed by atoms with Crippen molar-refractivity contribution >= 4 is 49.7 Å². The molecule has 2 aromatic carbocycles. The summed E-state index contributed by atoms with van der Waals surface area (Å²) in [5.41, 5.74) is -0.186. The molecule has 0 atom stereocenters. The van der Waals surface area contributed by atoms with Gasteiger partial charge in [0.1, 0.15) is 0 Å². The van der Waals surface area contributed by atoms with Gasteiger partial charge in [-0.3, -0.25) is 14.8 Å². The van der Waals surface area contributed by atoms with E-state index in [-0.39, 0.29) is 32.6 Å². The largest absolute Gasteiger partial charge is 0.445 e. The van der Waals surface area contributed by atoms with Crippen molar-refractivity contribution in [2.45, 2.75) is 11.1 Å². The van der Waals surface area contributed by atoms with Gasteiger partial charge in [0, 0.05) is 5.02 Å². The molecule has 3 rings (SSSR count). The molecular formula is C16H10ClF3N4O3S2. The lowest BCUT2D eigenvalue weighted by molar-refractivity contribution is -0.138. The van der Waals surface area contributed by atoms with Crippen molar-refractivity contribution in [3.05, 3.63) is 64.1 Å². The number of nitrogens with zero attached hydrogens (tertiary/aromatic N) is 2. The number of rotatable bonds is 5. The predicted molar refractivity (Wildman–Crippen MR) is 102 cm³/mol. The normalized spacial score (nSPS) is 11.9. The first-order chi connectivity index (χ1) is 13.6. The highest BCUT2D eigenvalue weighted by Gasteiger charge is 2.36. The third-order valence-corrected chi connectivity index (χ3v) is 5.94. The zero-order chi connectivity index (χ0) is 21.2. The second kappa shape index (κ2) is 7.97. The van der Waals surface area contributed by atoms with E-state index in [0.29, 0.717) is 5.02 Å². The van der Waals surface area contributed by atoms with E-state index in [2.05, 4.69) is 20.2 Å². The highest BCUT2D eigenvalue weighted by atomic mass is 35.5. The molecule has 0 radical (unpaired) electrons. The summed E-state index contributed by atoms with van der Waals surface area (Å²) < 4.78 is 65.2. The van der Waals surface area contributed by atoms with E-state index >= 15 is 0 Å². The van der Waals surface area contributed by atoms with Crippen molar-refractivity contribution in [1.82, 2.24) is 10.2 Å². The molecule has 1 aromatic heterocycles. The van der Waals surface area contributed by atoms with Crippen LogP contribution in [0.5, 0.6) is 0 Å². The minimum atomic E-state index is -4.69. The third-order valence-electron chi connectivity index (χ3n) is 3.43. The topological polar surface area (TPSA) is 101 Å². The van der Waals surface area contributed by atoms with Crippen LogP contribution in [0.25, 0.3) is 0 Å². The fourth-order valence-electron chi connectivity index (χ4n) is 2.14. The fourth-order valence-corrected chi connectivity index (χ4v) is 3.95. The Bertz CT molecular complexity index is 1150. The maximum Gasteiger partial charge on any atom is 0.445 e. The summed E-state index contributed by atoms with van der Waals surface area (Å²) in [7, 11) is -4.04. The SMILES string of the molecule is O=C(Nc1nnc(C(F)(F)F)s1)c1ccccc1NS(=O)(=O)c1ccc(Cl)cc1. The molecule has 7 nitrogen and oxygen atoms in total. The van der Waals surface area contributed by atoms with Crippen LogP contribution in [0.3, 0.4) is 0 Å². The van der Waals surface area contributed by atoms with E-state index in [0.717, 1.165) is 0 Å². The van der Waals surface area contributed by atoms with Crippen molar-refractivity contribution in [2.24, 2.45) is 0 Å². The molecule has 0 spiro atoms. The van der Waals surface area contributed by atoms with Crippen LogP contribution in [0.2, 0.25) is 5.02 Å². The van der Waals surface area contributed by atoms with Crippen molar-refractivity contribution in [3.8, 4) is 0 Å². The number of para-hydroxylation sites is 1. The number of carbonyl (C=O) groups is 1. The molecule has 2 N–H and O–H groups in total. The second-order valence-corrected chi connectivity index (χ2v) is 8.57. The number of amides is 1. The fraction of sp³-hybridized carbons (Fsp3) is 0.0625. The smallest absolute Gasteiger partial charge is 0.296 e. The number of hydrogen-bond acceptors (Lipinski definition) is 6. The Labute approximate surface area is 171 Å². The number of alkyl halides is 3. The Balaban J connectivity index is 1.84. The van der Waals surface area contributed by atoms with Crippen LogP contribution >= 0.6 is 22.9 Å². The first-order valence-corrected chi connectivity index (χ1v) is 10.3. The van der Waals surface area contributed by atoms with E-state index < -0.39 is 27.1 Å². The van der Waals surface area contributed by atoms with Crippen LogP contribution in [0.1, 0.15) is 15.4 Å². The van der Waals surface area contributed by atoms with Crippen LogP contribution in [0.15, 0.2) is 53.4 Å². The number of aromatic nitrogens is 2. The lowest BCUT2D eigenvalue weighted by Gasteiger charge is -2.12. The number of halogens is 4. The Morgan fingerprint density at radius 1 is 1.03 bits per heavy atom. The summed E-state index contributed by atoms with van der Waals surface area (Å²) in [4.78, 5) is 12.4. The highest BCUT2D eigenvalue weighted by Crippen LogP contribution is 2.33. The Hall–Kier alpha value is -2.70. The molecule has 0 aliphatic heterocycles. The molecule has 0 aliphatic carbocycles. The Morgan fingerprint density at radius 3 is 2.31 bits per heavy atom. The monoisotopic (exact) mass is 462 g/mol. The molecule has 13 heteroatoms. The van der Waals surface area contributed by atoms with E-state index in [1.54, 1.807) is 0 Å². The van der Waals surface area contributed by atoms with E-state index in [9.17, 15) is 26.4 Å². The van der Waals surface area contributed by atoms with E-state index in [1.165, 1.54) is 48.5 Å². The summed E-state index contributed by atoms with van der Waals surface area (Å²) in [6.45, 7) is 0. The van der Waals surface area contributed by atoms with Gasteiger partial charge in [0.2, 0.25) is 10.1 Å². The molecule has 29 heavy (non-hydrogen) atoms. The van der Waals surface area contributed by atoms with Crippen LogP contribution in [0, 0.1) is 0 Å². The molecule has 0 aliphatic rings. The zero-order valence-corrected chi connectivity index (χ0v) is 16.5. The van der Waals surface area contributed by atoms with Gasteiger partial charge in [-0.2, -0.15) is 13.2 Å². The quantitative estimate of drug-likeness (QED) is 0.590. The second-order valence-electron chi connectivity index (χ2n) is 5.47. The molecule has 152 valence electrons. The van der Waals surface area contributed by atoms with Gasteiger partial charge in [0.25, 0.3) is 15.9 Å². The first-order valence-electron chi connectivity index (χ1n) is 7.66. The molecule has 0 unspecified atom stereocenters. The Kier molecular flexibility index (Phi) is 5.78. The molecule has 1 heterocycles. The minimum Gasteiger partial charge on any atom is -0.296 e. The molecule has 0 saturated heterocycles. The molecule has 0 saturated carbocycles. The standard InChI is InChI=1S/C16H10ClF3N4O3S2/c17-9-5-7-10(8-6-9)29(26,27)24-12-4-2-1-3-11(12)13(25)21-15-23-22-14(28-15)16(18,19)20/h1-8,24H,(H,21,23,25). The van der Waals surface area contributed by atoms with E-state index in [1.807, 2.05) is 0 Å². The molecular weight excluding hydrogens is 453 g/mol. The van der Waals surface area contributed by atoms with Crippen LogP contribution in [-0.2, 0) is 16.2 Å². The highest BCUT2D eigenvalue weighted by molar-refractivity contribution is 7.92. The summed E-state index contributed by atoms with van der Waals surface area (Å²) in [6.07, 6.45) is -4.69. The summed E-state index contributed by atoms with van der Waals surface area (Å²) in [5.74, 6) is -0.857. The summed E-state index contributed by atoms with van der Waals surface area (Å²) in [6, 6.07) is 11.0. The van der Waals surface area contributed by atoms with Crippen molar-refractivity contribution < 1.29 is 26.4 Å². The number of anilines is 2. The van der Waals surface area contributed by atoms with Gasteiger partial charge in [0.15, 0.2) is 0 Å². The lowest BCUT2D eigenvalue weighted by Crippen LogP contribution is -2.18. The molecule has 0 bridgehead atoms. The third kappa shape index (κ3) is 5.02. The van der Waals surface area contributed by atoms with Crippen LogP contribution in [0.4, 0.5) is 24.0 Å². The Morgan fingerprint density at radius 2 is 1.69 bits per heavy atom. The van der Waals surface area contributed by atoms with Gasteiger partial charge in [-0.25, -0.2) is 8.42 Å². The summed E-state index contributed by atoms with van der Waals surface area (Å²) in [5, 5.41) is 7.17. The zero-order valence-electron chi connectivity index (χ0n) is 14.1. The number of sulfonamides is 1. The maximum absolute atomic E-state index is 12.6. The van der Waals surface area contributed by atoms with Gasteiger partial charge >= 0.3 is 6.18 Å². The van der Waals surface area contributed by atoms with Crippen LogP contribution in [-0.4, -0.2) is 24.5 Å². The maximum atomic E-state index is 12.6. The number of hydrogen-bond donors (Lipinski definition) is 2. The average molecular weight is 463 g/mol. The molecule has 0 fully saturated rings. The number of nitrogens with one attached hydrogen (secondary N) is 2. The van der Waals surface area contributed by atoms with E-state index in [4.69, 9.17) is 11.6 Å². The van der Waals surface area contributed by atoms with Gasteiger partial charge in [0.05, 0.1) is 16.1 Å². The number of benzene rings is 2. The van der Waals surface area contributed by atoms with Gasteiger partial charge in [-0.1, -0.05) is 35.1 Å². The first kappa shape index (κ1) is 21.0. The van der Waals surface area contributed by atoms with Gasteiger partial charge in [-0.05, 0) is 36.4 Å². The van der Waals surface area contributed by atoms with Crippen molar-refractivity contribution in [2.75, 3.05) is 10.0 Å². The molecule has 1 amide bonds. The van der Waals surface area contributed by atoms with Gasteiger partial charge in [-0.15, -0.1) is 10.2 Å². The average Bonchev–Trinajstić information content (AvgIpc) is 3.11.